The molecule has 510 valence electrons. The van der Waals surface area contributed by atoms with Crippen molar-refractivity contribution in [3.63, 3.8) is 0 Å². The lowest BCUT2D eigenvalue weighted by Crippen LogP contribution is -2.65. The summed E-state index contributed by atoms with van der Waals surface area (Å²) in [5.41, 5.74) is 0. The highest BCUT2D eigenvalue weighted by molar-refractivity contribution is 5.76. The van der Waals surface area contributed by atoms with Gasteiger partial charge in [-0.3, -0.25) is 4.79 Å². The van der Waals surface area contributed by atoms with Gasteiger partial charge >= 0.3 is 0 Å². The molecule has 2 heterocycles. The molecule has 2 fully saturated rings. The molecule has 0 spiro atoms. The van der Waals surface area contributed by atoms with Crippen molar-refractivity contribution in [2.75, 3.05) is 19.8 Å². The summed E-state index contributed by atoms with van der Waals surface area (Å²) >= 11 is 0. The zero-order valence-electron chi connectivity index (χ0n) is 55.5. The SMILES string of the molecule is CCCCCCC/C=C\C/C=C\CCCCCCCCCCCCCCCC(=O)NC(COC1OC(CO)C(OC2OC(CO)C(O)C(O)C2O)C(O)C1O)C(O)/C=C/CC/C=C/CCCCCCCCCCCCCCCCCCCCCCCC. The molecule has 0 aliphatic carbocycles. The molecule has 9 N–H and O–H groups in total. The first kappa shape index (κ1) is 81.0. The molecule has 14 heteroatoms. The number of nitrogens with one attached hydrogen (secondary N) is 1. The normalized spacial score (nSPS) is 23.5. The molecule has 0 saturated carbocycles. The van der Waals surface area contributed by atoms with E-state index in [1.54, 1.807) is 6.08 Å². The summed E-state index contributed by atoms with van der Waals surface area (Å²) in [6, 6.07) is -0.934. The Morgan fingerprint density at radius 1 is 0.414 bits per heavy atom. The van der Waals surface area contributed by atoms with Crippen molar-refractivity contribution < 1.29 is 64.6 Å². The van der Waals surface area contributed by atoms with Crippen molar-refractivity contribution in [3.05, 3.63) is 48.6 Å². The summed E-state index contributed by atoms with van der Waals surface area (Å²) in [5, 5.41) is 87.5. The number of ether oxygens (including phenoxy) is 4. The topological polar surface area (TPSA) is 228 Å². The summed E-state index contributed by atoms with van der Waals surface area (Å²) in [6.45, 7) is 2.82. The fourth-order valence-electron chi connectivity index (χ4n) is 11.9. The van der Waals surface area contributed by atoms with Gasteiger partial charge in [0.2, 0.25) is 5.91 Å². The van der Waals surface area contributed by atoms with Gasteiger partial charge in [-0.25, -0.2) is 0 Å². The maximum Gasteiger partial charge on any atom is 0.220 e. The molecule has 0 bridgehead atoms. The fraction of sp³-hybridized carbons (Fsp3) is 0.877. The molecule has 2 aliphatic rings. The molecule has 87 heavy (non-hydrogen) atoms. The standard InChI is InChI=1S/C73H135NO13/c1-3-5-7-9-11-13-15-17-19-21-23-25-27-29-30-31-33-34-36-38-40-42-44-46-48-50-52-54-56-62(77)61(60-84-72-70(83)68(81)71(64(59-76)86-72)87-73-69(82)67(80)66(79)63(58-75)85-73)74-65(78)57-55-53-51-49-47-45-43-41-39-37-35-32-28-26-24-22-20-18-16-14-12-10-8-6-4-2/h16,18,22,24,46,48,54,56,61-64,66-73,75-77,79-83H,3-15,17,19-21,23,25-45,47,49-53,55,57-60H2,1-2H3,(H,74,78)/b18-16-,24-22-,48-46+,56-54+. The number of aliphatic hydroxyl groups is 8. The van der Waals surface area contributed by atoms with E-state index in [4.69, 9.17) is 18.9 Å². The molecule has 2 saturated heterocycles. The van der Waals surface area contributed by atoms with Crippen molar-refractivity contribution in [2.24, 2.45) is 0 Å². The average molecular weight is 1230 g/mol. The summed E-state index contributed by atoms with van der Waals surface area (Å²) in [6.07, 6.45) is 58.9. The summed E-state index contributed by atoms with van der Waals surface area (Å²) in [7, 11) is 0. The first-order valence-corrected chi connectivity index (χ1v) is 36.4. The number of hydrogen-bond donors (Lipinski definition) is 9. The third kappa shape index (κ3) is 41.9. The largest absolute Gasteiger partial charge is 0.394 e. The van der Waals surface area contributed by atoms with E-state index >= 15 is 0 Å². The van der Waals surface area contributed by atoms with Gasteiger partial charge in [0.25, 0.3) is 0 Å². The van der Waals surface area contributed by atoms with Crippen molar-refractivity contribution in [2.45, 2.75) is 389 Å². The van der Waals surface area contributed by atoms with Gasteiger partial charge in [-0.1, -0.05) is 294 Å². The highest BCUT2D eigenvalue weighted by Gasteiger charge is 2.51. The van der Waals surface area contributed by atoms with Gasteiger partial charge in [-0.15, -0.1) is 0 Å². The van der Waals surface area contributed by atoms with E-state index in [9.17, 15) is 45.6 Å². The minimum Gasteiger partial charge on any atom is -0.394 e. The van der Waals surface area contributed by atoms with E-state index < -0.39 is 86.8 Å². The van der Waals surface area contributed by atoms with Crippen LogP contribution in [-0.4, -0.2) is 140 Å². The zero-order chi connectivity index (χ0) is 63.1. The molecule has 2 aliphatic heterocycles. The Balaban J connectivity index is 1.69. The smallest absolute Gasteiger partial charge is 0.220 e. The molecule has 12 unspecified atom stereocenters. The lowest BCUT2D eigenvalue weighted by atomic mass is 9.97. The molecule has 0 aromatic rings. The van der Waals surface area contributed by atoms with Gasteiger partial charge in [0, 0.05) is 6.42 Å². The van der Waals surface area contributed by atoms with Crippen LogP contribution in [-0.2, 0) is 23.7 Å². The van der Waals surface area contributed by atoms with Crippen LogP contribution < -0.4 is 5.32 Å². The predicted octanol–water partition coefficient (Wildman–Crippen LogP) is 15.1. The third-order valence-corrected chi connectivity index (χ3v) is 17.7. The molecule has 0 aromatic carbocycles. The monoisotopic (exact) mass is 1230 g/mol. The summed E-state index contributed by atoms with van der Waals surface area (Å²) in [4.78, 5) is 13.3. The number of allylic oxidation sites excluding steroid dienone is 7. The van der Waals surface area contributed by atoms with E-state index in [0.717, 1.165) is 38.5 Å². The van der Waals surface area contributed by atoms with Crippen LogP contribution in [0.1, 0.15) is 316 Å². The number of hydrogen-bond acceptors (Lipinski definition) is 13. The minimum absolute atomic E-state index is 0.247. The second kappa shape index (κ2) is 57.8. The highest BCUT2D eigenvalue weighted by Crippen LogP contribution is 2.30. The van der Waals surface area contributed by atoms with Crippen LogP contribution in [0.2, 0.25) is 0 Å². The maximum atomic E-state index is 13.3. The first-order valence-electron chi connectivity index (χ1n) is 36.4. The highest BCUT2D eigenvalue weighted by atomic mass is 16.7. The fourth-order valence-corrected chi connectivity index (χ4v) is 11.9. The van der Waals surface area contributed by atoms with E-state index in [1.165, 1.54) is 244 Å². The molecule has 2 rings (SSSR count). The van der Waals surface area contributed by atoms with Crippen LogP contribution >= 0.6 is 0 Å². The average Bonchev–Trinajstić information content (AvgIpc) is 2.50. The second-order valence-electron chi connectivity index (χ2n) is 25.7. The molecule has 0 radical (unpaired) electrons. The van der Waals surface area contributed by atoms with Crippen molar-refractivity contribution in [3.8, 4) is 0 Å². The lowest BCUT2D eigenvalue weighted by molar-refractivity contribution is -0.359. The number of aliphatic hydroxyl groups excluding tert-OH is 8. The Kier molecular flexibility index (Phi) is 53.9. The number of rotatable bonds is 60. The molecule has 0 aromatic heterocycles. The van der Waals surface area contributed by atoms with E-state index in [0.29, 0.717) is 12.8 Å². The Labute approximate surface area is 531 Å². The Morgan fingerprint density at radius 2 is 0.770 bits per heavy atom. The lowest BCUT2D eigenvalue weighted by Gasteiger charge is -2.46. The van der Waals surface area contributed by atoms with Gasteiger partial charge in [0.05, 0.1) is 32.0 Å². The van der Waals surface area contributed by atoms with Crippen LogP contribution in [0.25, 0.3) is 0 Å². The molecule has 1 amide bonds. The number of carbonyl (C=O) groups excluding carboxylic acids is 1. The van der Waals surface area contributed by atoms with Crippen LogP contribution in [0.3, 0.4) is 0 Å². The van der Waals surface area contributed by atoms with Crippen molar-refractivity contribution in [1.29, 1.82) is 0 Å². The van der Waals surface area contributed by atoms with Crippen molar-refractivity contribution in [1.82, 2.24) is 5.32 Å². The van der Waals surface area contributed by atoms with Gasteiger partial charge in [-0.2, -0.15) is 0 Å². The summed E-state index contributed by atoms with van der Waals surface area (Å²) in [5.74, 6) is -0.247. The number of amides is 1. The maximum absolute atomic E-state index is 13.3. The van der Waals surface area contributed by atoms with Crippen LogP contribution in [0.4, 0.5) is 0 Å². The van der Waals surface area contributed by atoms with Crippen LogP contribution in [0.15, 0.2) is 48.6 Å². The third-order valence-electron chi connectivity index (χ3n) is 17.7. The number of carbonyl (C=O) groups is 1. The van der Waals surface area contributed by atoms with E-state index in [-0.39, 0.29) is 18.9 Å². The molecule has 12 atom stereocenters. The zero-order valence-corrected chi connectivity index (χ0v) is 55.5. The molecule has 14 nitrogen and oxygen atoms in total. The minimum atomic E-state index is -1.79. The number of unbranched alkanes of at least 4 members (excludes halogenated alkanes) is 41. The van der Waals surface area contributed by atoms with E-state index in [2.05, 4.69) is 55.6 Å². The quantitative estimate of drug-likeness (QED) is 0.0204. The predicted molar refractivity (Wildman–Crippen MR) is 355 cm³/mol. The second-order valence-corrected chi connectivity index (χ2v) is 25.7. The van der Waals surface area contributed by atoms with Gasteiger partial charge in [0.15, 0.2) is 12.6 Å². The van der Waals surface area contributed by atoms with Gasteiger partial charge in [0.1, 0.15) is 48.8 Å². The van der Waals surface area contributed by atoms with Crippen LogP contribution in [0, 0.1) is 0 Å². The Bertz CT molecular complexity index is 1640. The van der Waals surface area contributed by atoms with Crippen molar-refractivity contribution >= 4 is 5.91 Å². The summed E-state index contributed by atoms with van der Waals surface area (Å²) < 4.78 is 22.9. The van der Waals surface area contributed by atoms with E-state index in [1.807, 2.05) is 6.08 Å². The Morgan fingerprint density at radius 3 is 1.20 bits per heavy atom. The first-order chi connectivity index (χ1) is 42.6. The van der Waals surface area contributed by atoms with Crippen LogP contribution in [0.5, 0.6) is 0 Å². The van der Waals surface area contributed by atoms with Gasteiger partial charge in [-0.05, 0) is 64.2 Å². The van der Waals surface area contributed by atoms with Gasteiger partial charge < -0.3 is 65.1 Å². The molecular formula is C73H135NO13. The Hall–Kier alpha value is -2.05. The molecular weight excluding hydrogens is 1100 g/mol.